The van der Waals surface area contributed by atoms with Gasteiger partial charge in [0.25, 0.3) is 0 Å². The SMILES string of the molecule is N#Cc1ccc(N2CCC(C(=O)OCCOc3ccccc3F)CC2)nc1. The van der Waals surface area contributed by atoms with E-state index in [0.29, 0.717) is 31.5 Å². The predicted molar refractivity (Wildman–Crippen MR) is 96.7 cm³/mol. The van der Waals surface area contributed by atoms with Gasteiger partial charge in [-0.2, -0.15) is 5.26 Å². The van der Waals surface area contributed by atoms with E-state index in [9.17, 15) is 9.18 Å². The van der Waals surface area contributed by atoms with Gasteiger partial charge in [-0.25, -0.2) is 9.37 Å². The van der Waals surface area contributed by atoms with Crippen LogP contribution in [0.1, 0.15) is 18.4 Å². The summed E-state index contributed by atoms with van der Waals surface area (Å²) in [4.78, 5) is 18.6. The highest BCUT2D eigenvalue weighted by Gasteiger charge is 2.26. The summed E-state index contributed by atoms with van der Waals surface area (Å²) in [6, 6.07) is 11.7. The molecule has 1 aliphatic heterocycles. The fraction of sp³-hybridized carbons (Fsp3) is 0.350. The number of nitrogens with zero attached hydrogens (tertiary/aromatic N) is 3. The minimum Gasteiger partial charge on any atom is -0.487 e. The second-order valence-corrected chi connectivity index (χ2v) is 6.22. The van der Waals surface area contributed by atoms with Gasteiger partial charge in [0.15, 0.2) is 11.6 Å². The molecule has 0 spiro atoms. The van der Waals surface area contributed by atoms with Gasteiger partial charge in [0, 0.05) is 19.3 Å². The summed E-state index contributed by atoms with van der Waals surface area (Å²) in [5.74, 6) is 0.108. The quantitative estimate of drug-likeness (QED) is 0.576. The van der Waals surface area contributed by atoms with Crippen LogP contribution in [0.4, 0.5) is 10.2 Å². The molecule has 140 valence electrons. The Morgan fingerprint density at radius 2 is 2.00 bits per heavy atom. The number of pyridine rings is 1. The van der Waals surface area contributed by atoms with Crippen LogP contribution in [0.5, 0.6) is 5.75 Å². The smallest absolute Gasteiger partial charge is 0.309 e. The van der Waals surface area contributed by atoms with Crippen molar-refractivity contribution >= 4 is 11.8 Å². The molecule has 0 unspecified atom stereocenters. The van der Waals surface area contributed by atoms with Crippen LogP contribution < -0.4 is 9.64 Å². The van der Waals surface area contributed by atoms with Crippen molar-refractivity contribution in [1.82, 2.24) is 4.98 Å². The molecule has 3 rings (SSSR count). The molecule has 0 aliphatic carbocycles. The molecule has 27 heavy (non-hydrogen) atoms. The monoisotopic (exact) mass is 369 g/mol. The minimum atomic E-state index is -0.437. The first-order valence-electron chi connectivity index (χ1n) is 8.82. The first-order chi connectivity index (χ1) is 13.2. The lowest BCUT2D eigenvalue weighted by Gasteiger charge is -2.31. The number of esters is 1. The Bertz CT molecular complexity index is 812. The molecule has 1 aliphatic rings. The Morgan fingerprint density at radius 1 is 1.22 bits per heavy atom. The standard InChI is InChI=1S/C20H20FN3O3/c21-17-3-1-2-4-18(17)26-11-12-27-20(25)16-7-9-24(10-8-16)19-6-5-15(13-22)14-23-19/h1-6,14,16H,7-12H2. The molecule has 0 amide bonds. The van der Waals surface area contributed by atoms with Crippen molar-refractivity contribution in [1.29, 1.82) is 5.26 Å². The maximum Gasteiger partial charge on any atom is 0.309 e. The average molecular weight is 369 g/mol. The summed E-state index contributed by atoms with van der Waals surface area (Å²) in [7, 11) is 0. The first-order valence-corrected chi connectivity index (χ1v) is 8.82. The van der Waals surface area contributed by atoms with Crippen LogP contribution in [0.15, 0.2) is 42.6 Å². The van der Waals surface area contributed by atoms with E-state index in [4.69, 9.17) is 14.7 Å². The van der Waals surface area contributed by atoms with Crippen molar-refractivity contribution in [2.75, 3.05) is 31.2 Å². The number of anilines is 1. The molecule has 1 aromatic heterocycles. The summed E-state index contributed by atoms with van der Waals surface area (Å²) < 4.78 is 24.0. The number of hydrogen-bond acceptors (Lipinski definition) is 6. The lowest BCUT2D eigenvalue weighted by molar-refractivity contribution is -0.150. The third-order valence-corrected chi connectivity index (χ3v) is 4.45. The van der Waals surface area contributed by atoms with Gasteiger partial charge < -0.3 is 14.4 Å². The second kappa shape index (κ2) is 8.99. The van der Waals surface area contributed by atoms with E-state index in [1.54, 1.807) is 24.4 Å². The number of aromatic nitrogens is 1. The third kappa shape index (κ3) is 4.94. The van der Waals surface area contributed by atoms with Crippen molar-refractivity contribution in [3.63, 3.8) is 0 Å². The fourth-order valence-corrected chi connectivity index (χ4v) is 2.96. The number of piperidine rings is 1. The van der Waals surface area contributed by atoms with Crippen molar-refractivity contribution < 1.29 is 18.7 Å². The molecular formula is C20H20FN3O3. The lowest BCUT2D eigenvalue weighted by Crippen LogP contribution is -2.37. The first kappa shape index (κ1) is 18.6. The highest BCUT2D eigenvalue weighted by Crippen LogP contribution is 2.23. The van der Waals surface area contributed by atoms with Crippen LogP contribution >= 0.6 is 0 Å². The zero-order valence-electron chi connectivity index (χ0n) is 14.8. The predicted octanol–water partition coefficient (Wildman–Crippen LogP) is 2.93. The Hall–Kier alpha value is -3.14. The van der Waals surface area contributed by atoms with Crippen molar-refractivity contribution in [3.05, 3.63) is 54.0 Å². The number of nitriles is 1. The number of rotatable bonds is 6. The van der Waals surface area contributed by atoms with Gasteiger partial charge in [-0.15, -0.1) is 0 Å². The molecule has 6 nitrogen and oxygen atoms in total. The highest BCUT2D eigenvalue weighted by molar-refractivity contribution is 5.72. The number of carbonyl (C=O) groups excluding carboxylic acids is 1. The van der Waals surface area contributed by atoms with Crippen LogP contribution in [0.25, 0.3) is 0 Å². The fourth-order valence-electron chi connectivity index (χ4n) is 2.96. The van der Waals surface area contributed by atoms with Crippen molar-refractivity contribution in [2.24, 2.45) is 5.92 Å². The Labute approximate surface area is 157 Å². The van der Waals surface area contributed by atoms with Crippen LogP contribution in [-0.4, -0.2) is 37.3 Å². The number of halogens is 1. The largest absolute Gasteiger partial charge is 0.487 e. The lowest BCUT2D eigenvalue weighted by atomic mass is 9.97. The van der Waals surface area contributed by atoms with Crippen LogP contribution in [0.3, 0.4) is 0 Å². The topological polar surface area (TPSA) is 75.5 Å². The Kier molecular flexibility index (Phi) is 6.21. The van der Waals surface area contributed by atoms with E-state index in [1.165, 1.54) is 12.1 Å². The summed E-state index contributed by atoms with van der Waals surface area (Å²) >= 11 is 0. The molecule has 1 fully saturated rings. The molecule has 0 bridgehead atoms. The molecular weight excluding hydrogens is 349 g/mol. The molecule has 2 aromatic rings. The zero-order valence-corrected chi connectivity index (χ0v) is 14.8. The van der Waals surface area contributed by atoms with Gasteiger partial charge in [-0.05, 0) is 37.1 Å². The van der Waals surface area contributed by atoms with Crippen LogP contribution in [-0.2, 0) is 9.53 Å². The number of para-hydroxylation sites is 1. The molecule has 0 saturated carbocycles. The maximum atomic E-state index is 13.4. The van der Waals surface area contributed by atoms with Gasteiger partial charge >= 0.3 is 5.97 Å². The van der Waals surface area contributed by atoms with Gasteiger partial charge in [-0.1, -0.05) is 12.1 Å². The van der Waals surface area contributed by atoms with Crippen molar-refractivity contribution in [2.45, 2.75) is 12.8 Å². The normalized spacial score (nSPS) is 14.4. The molecule has 1 aromatic carbocycles. The van der Waals surface area contributed by atoms with E-state index in [2.05, 4.69) is 9.88 Å². The number of ether oxygens (including phenoxy) is 2. The van der Waals surface area contributed by atoms with E-state index in [0.717, 1.165) is 5.82 Å². The molecule has 0 atom stereocenters. The van der Waals surface area contributed by atoms with E-state index in [1.807, 2.05) is 12.1 Å². The van der Waals surface area contributed by atoms with Gasteiger partial charge in [-0.3, -0.25) is 4.79 Å². The van der Waals surface area contributed by atoms with E-state index < -0.39 is 5.82 Å². The Balaban J connectivity index is 1.39. The molecule has 7 heteroatoms. The average Bonchev–Trinajstić information content (AvgIpc) is 2.72. The second-order valence-electron chi connectivity index (χ2n) is 6.22. The number of benzene rings is 1. The Morgan fingerprint density at radius 3 is 2.67 bits per heavy atom. The van der Waals surface area contributed by atoms with Gasteiger partial charge in [0.2, 0.25) is 0 Å². The summed E-state index contributed by atoms with van der Waals surface area (Å²) in [6.45, 7) is 1.60. The molecule has 0 N–H and O–H groups in total. The number of hydrogen-bond donors (Lipinski definition) is 0. The summed E-state index contributed by atoms with van der Waals surface area (Å²) in [5.41, 5.74) is 0.523. The van der Waals surface area contributed by atoms with Gasteiger partial charge in [0.05, 0.1) is 11.5 Å². The van der Waals surface area contributed by atoms with Gasteiger partial charge in [0.1, 0.15) is 25.1 Å². The zero-order chi connectivity index (χ0) is 19.1. The van der Waals surface area contributed by atoms with Crippen LogP contribution in [0.2, 0.25) is 0 Å². The van der Waals surface area contributed by atoms with E-state index >= 15 is 0 Å². The molecule has 0 radical (unpaired) electrons. The van der Waals surface area contributed by atoms with Crippen LogP contribution in [0, 0.1) is 23.1 Å². The number of carbonyl (C=O) groups is 1. The maximum absolute atomic E-state index is 13.4. The molecule has 1 saturated heterocycles. The van der Waals surface area contributed by atoms with Crippen molar-refractivity contribution in [3.8, 4) is 11.8 Å². The minimum absolute atomic E-state index is 0.0879. The summed E-state index contributed by atoms with van der Waals surface area (Å²) in [6.07, 6.45) is 2.90. The summed E-state index contributed by atoms with van der Waals surface area (Å²) in [5, 5.41) is 8.82. The highest BCUT2D eigenvalue weighted by atomic mass is 19.1. The van der Waals surface area contributed by atoms with E-state index in [-0.39, 0.29) is 30.9 Å². The third-order valence-electron chi connectivity index (χ3n) is 4.45. The molecule has 2 heterocycles.